The molecule has 1 aliphatic heterocycles. The number of hydrogen-bond acceptors (Lipinski definition) is 7. The van der Waals surface area contributed by atoms with Crippen LogP contribution >= 0.6 is 11.8 Å². The Morgan fingerprint density at radius 1 is 1.33 bits per heavy atom. The number of fused-ring (bicyclic) bond motifs is 1. The highest BCUT2D eigenvalue weighted by atomic mass is 32.2. The molecule has 1 saturated carbocycles. The molecule has 0 aromatic carbocycles. The quantitative estimate of drug-likeness (QED) is 0.479. The second kappa shape index (κ2) is 7.05. The molecule has 0 radical (unpaired) electrons. The van der Waals surface area contributed by atoms with E-state index in [9.17, 15) is 14.7 Å². The summed E-state index contributed by atoms with van der Waals surface area (Å²) >= 11 is 1.35. The van der Waals surface area contributed by atoms with E-state index in [0.29, 0.717) is 16.5 Å². The zero-order chi connectivity index (χ0) is 20.0. The van der Waals surface area contributed by atoms with E-state index >= 15 is 0 Å². The van der Waals surface area contributed by atoms with Crippen LogP contribution in [0.4, 0.5) is 5.69 Å². The lowest BCUT2D eigenvalue weighted by Gasteiger charge is -2.37. The summed E-state index contributed by atoms with van der Waals surface area (Å²) < 4.78 is 5.60. The largest absolute Gasteiger partial charge is 0.458 e. The third kappa shape index (κ3) is 3.45. The fourth-order valence-electron chi connectivity index (χ4n) is 4.17. The highest BCUT2D eigenvalue weighted by Gasteiger charge is 2.61. The minimum absolute atomic E-state index is 0.164. The number of anilines is 1. The summed E-state index contributed by atoms with van der Waals surface area (Å²) in [5.41, 5.74) is -1.56. The lowest BCUT2D eigenvalue weighted by molar-refractivity contribution is -0.167. The molecule has 0 spiro atoms. The molecule has 1 amide bonds. The van der Waals surface area contributed by atoms with Crippen LogP contribution in [0.15, 0.2) is 11.4 Å². The summed E-state index contributed by atoms with van der Waals surface area (Å²) in [4.78, 5) is 35.7. The lowest BCUT2D eigenvalue weighted by Crippen LogP contribution is -2.56. The van der Waals surface area contributed by atoms with Crippen molar-refractivity contribution in [2.45, 2.75) is 75.8 Å². The SMILES string of the molecule is CSc1ncc2c(n1)C(O)(C1CCCC1)C(C(=O)OC(C)(C)C)N2C(C)=O. The van der Waals surface area contributed by atoms with E-state index < -0.39 is 23.2 Å². The zero-order valence-corrected chi connectivity index (χ0v) is 17.3. The second-order valence-electron chi connectivity index (χ2n) is 8.22. The predicted molar refractivity (Wildman–Crippen MR) is 102 cm³/mol. The molecule has 2 aliphatic rings. The maximum Gasteiger partial charge on any atom is 0.333 e. The van der Waals surface area contributed by atoms with Crippen molar-refractivity contribution in [3.05, 3.63) is 11.9 Å². The van der Waals surface area contributed by atoms with Crippen LogP contribution in [0.3, 0.4) is 0 Å². The maximum atomic E-state index is 13.1. The van der Waals surface area contributed by atoms with Crippen molar-refractivity contribution >= 4 is 29.3 Å². The molecule has 0 bridgehead atoms. The van der Waals surface area contributed by atoms with Crippen LogP contribution < -0.4 is 4.90 Å². The van der Waals surface area contributed by atoms with Gasteiger partial charge in [-0.2, -0.15) is 0 Å². The van der Waals surface area contributed by atoms with E-state index in [1.807, 2.05) is 6.26 Å². The average molecular weight is 394 g/mol. The Kier molecular flexibility index (Phi) is 5.24. The van der Waals surface area contributed by atoms with Crippen molar-refractivity contribution in [1.29, 1.82) is 0 Å². The summed E-state index contributed by atoms with van der Waals surface area (Å²) in [6.07, 6.45) is 6.88. The molecule has 148 valence electrons. The molecule has 2 unspecified atom stereocenters. The summed E-state index contributed by atoms with van der Waals surface area (Å²) in [5, 5.41) is 12.4. The van der Waals surface area contributed by atoms with Gasteiger partial charge in [-0.25, -0.2) is 14.8 Å². The van der Waals surface area contributed by atoms with Crippen molar-refractivity contribution in [2.24, 2.45) is 5.92 Å². The smallest absolute Gasteiger partial charge is 0.333 e. The van der Waals surface area contributed by atoms with Crippen LogP contribution in [0.1, 0.15) is 59.1 Å². The summed E-state index contributed by atoms with van der Waals surface area (Å²) in [6.45, 7) is 6.69. The molecule has 1 aromatic heterocycles. The Hall–Kier alpha value is -1.67. The number of rotatable bonds is 3. The molecule has 1 N–H and O–H groups in total. The van der Waals surface area contributed by atoms with Gasteiger partial charge in [0.15, 0.2) is 11.2 Å². The number of thioether (sulfide) groups is 1. The van der Waals surface area contributed by atoms with Gasteiger partial charge in [0.2, 0.25) is 5.91 Å². The number of amides is 1. The van der Waals surface area contributed by atoms with Gasteiger partial charge >= 0.3 is 5.97 Å². The summed E-state index contributed by atoms with van der Waals surface area (Å²) in [6, 6.07) is -1.15. The Morgan fingerprint density at radius 3 is 2.48 bits per heavy atom. The van der Waals surface area contributed by atoms with Gasteiger partial charge in [-0.15, -0.1) is 0 Å². The minimum Gasteiger partial charge on any atom is -0.458 e. The number of ether oxygens (including phenoxy) is 1. The van der Waals surface area contributed by atoms with E-state index in [1.54, 1.807) is 20.8 Å². The first kappa shape index (κ1) is 20.1. The van der Waals surface area contributed by atoms with Gasteiger partial charge < -0.3 is 9.84 Å². The van der Waals surface area contributed by atoms with Gasteiger partial charge in [-0.3, -0.25) is 9.69 Å². The molecule has 1 aliphatic carbocycles. The predicted octanol–water partition coefficient (Wildman–Crippen LogP) is 2.65. The summed E-state index contributed by atoms with van der Waals surface area (Å²) in [7, 11) is 0. The summed E-state index contributed by atoms with van der Waals surface area (Å²) in [5.74, 6) is -1.12. The third-order valence-corrected chi connectivity index (χ3v) is 5.75. The Balaban J connectivity index is 2.18. The number of aliphatic hydroxyl groups is 1. The number of hydrogen-bond donors (Lipinski definition) is 1. The number of carbonyl (C=O) groups is 2. The van der Waals surface area contributed by atoms with E-state index in [1.165, 1.54) is 29.8 Å². The van der Waals surface area contributed by atoms with Gasteiger partial charge in [-0.05, 0) is 45.8 Å². The third-order valence-electron chi connectivity index (χ3n) is 5.19. The number of aromatic nitrogens is 2. The fourth-order valence-corrected chi connectivity index (χ4v) is 4.51. The minimum atomic E-state index is -1.58. The molecule has 8 heteroatoms. The van der Waals surface area contributed by atoms with E-state index in [2.05, 4.69) is 9.97 Å². The Labute approximate surface area is 163 Å². The lowest BCUT2D eigenvalue weighted by atomic mass is 9.79. The van der Waals surface area contributed by atoms with Crippen molar-refractivity contribution in [2.75, 3.05) is 11.2 Å². The van der Waals surface area contributed by atoms with Crippen molar-refractivity contribution in [1.82, 2.24) is 9.97 Å². The van der Waals surface area contributed by atoms with Crippen LogP contribution in [0.5, 0.6) is 0 Å². The monoisotopic (exact) mass is 393 g/mol. The van der Waals surface area contributed by atoms with Gasteiger partial charge in [0, 0.05) is 6.92 Å². The first-order valence-corrected chi connectivity index (χ1v) is 10.5. The maximum absolute atomic E-state index is 13.1. The second-order valence-corrected chi connectivity index (χ2v) is 9.00. The van der Waals surface area contributed by atoms with Crippen LogP contribution in [0, 0.1) is 5.92 Å². The van der Waals surface area contributed by atoms with Crippen molar-refractivity contribution in [3.8, 4) is 0 Å². The normalized spacial score (nSPS) is 25.6. The topological polar surface area (TPSA) is 92.6 Å². The van der Waals surface area contributed by atoms with Crippen LogP contribution in [-0.4, -0.2) is 44.8 Å². The molecule has 2 heterocycles. The highest BCUT2D eigenvalue weighted by molar-refractivity contribution is 7.98. The Morgan fingerprint density at radius 2 is 1.96 bits per heavy atom. The van der Waals surface area contributed by atoms with Crippen molar-refractivity contribution in [3.63, 3.8) is 0 Å². The van der Waals surface area contributed by atoms with Gasteiger partial charge in [0.1, 0.15) is 16.9 Å². The van der Waals surface area contributed by atoms with Crippen LogP contribution in [-0.2, 0) is 19.9 Å². The van der Waals surface area contributed by atoms with Crippen molar-refractivity contribution < 1.29 is 19.4 Å². The van der Waals surface area contributed by atoms with E-state index in [4.69, 9.17) is 4.74 Å². The zero-order valence-electron chi connectivity index (χ0n) is 16.5. The molecule has 7 nitrogen and oxygen atoms in total. The standard InChI is InChI=1S/C19H27N3O4S/c1-11(23)22-13-10-20-17(27-5)21-14(13)19(25,12-8-6-7-9-12)15(22)16(24)26-18(2,3)4/h10,12,15,25H,6-9H2,1-5H3. The fraction of sp³-hybridized carbons (Fsp3) is 0.684. The van der Waals surface area contributed by atoms with E-state index in [0.717, 1.165) is 25.7 Å². The molecular weight excluding hydrogens is 366 g/mol. The molecule has 1 aromatic rings. The Bertz CT molecular complexity index is 758. The van der Waals surface area contributed by atoms with Crippen LogP contribution in [0.2, 0.25) is 0 Å². The van der Waals surface area contributed by atoms with E-state index in [-0.39, 0.29) is 11.8 Å². The first-order chi connectivity index (χ1) is 12.6. The average Bonchev–Trinajstić information content (AvgIpc) is 3.19. The number of nitrogens with zero attached hydrogens (tertiary/aromatic N) is 3. The van der Waals surface area contributed by atoms with Gasteiger partial charge in [-0.1, -0.05) is 24.6 Å². The van der Waals surface area contributed by atoms with Crippen LogP contribution in [0.25, 0.3) is 0 Å². The van der Waals surface area contributed by atoms with Gasteiger partial charge in [0.05, 0.1) is 11.9 Å². The molecule has 0 saturated heterocycles. The number of carbonyl (C=O) groups excluding carboxylic acids is 2. The highest BCUT2D eigenvalue weighted by Crippen LogP contribution is 2.52. The van der Waals surface area contributed by atoms with Gasteiger partial charge in [0.25, 0.3) is 0 Å². The molecule has 2 atom stereocenters. The molecule has 1 fully saturated rings. The number of esters is 1. The molecule has 3 rings (SSSR count). The first-order valence-electron chi connectivity index (χ1n) is 9.26. The molecular formula is C19H27N3O4S. The molecule has 27 heavy (non-hydrogen) atoms.